The third kappa shape index (κ3) is 4.24. The minimum atomic E-state index is -0.550. The minimum Gasteiger partial charge on any atom is -0.392 e. The molecule has 0 saturated carbocycles. The summed E-state index contributed by atoms with van der Waals surface area (Å²) in [6.45, 7) is 7.83. The number of nitrogens with one attached hydrogen (secondary N) is 1. The number of anilines is 1. The first-order valence-corrected chi connectivity index (χ1v) is 6.63. The Bertz CT molecular complexity index is 426. The van der Waals surface area contributed by atoms with Crippen LogP contribution in [0.2, 0.25) is 0 Å². The Kier molecular flexibility index (Phi) is 5.35. The van der Waals surface area contributed by atoms with Gasteiger partial charge in [-0.2, -0.15) is 5.10 Å². The molecule has 108 valence electrons. The number of hydrogen-bond donors (Lipinski definition) is 2. The fourth-order valence-electron chi connectivity index (χ4n) is 1.81. The topological polar surface area (TPSA) is 70.4 Å². The largest absolute Gasteiger partial charge is 0.392 e. The summed E-state index contributed by atoms with van der Waals surface area (Å²) in [5.74, 6) is 0.665. The summed E-state index contributed by atoms with van der Waals surface area (Å²) in [6.07, 6.45) is 0.275. The molecule has 0 spiro atoms. The average Bonchev–Trinajstić information content (AvgIpc) is 2.66. The highest BCUT2D eigenvalue weighted by Gasteiger charge is 2.19. The Morgan fingerprint density at radius 2 is 2.16 bits per heavy atom. The van der Waals surface area contributed by atoms with Gasteiger partial charge in [0, 0.05) is 25.7 Å². The van der Waals surface area contributed by atoms with E-state index in [-0.39, 0.29) is 12.1 Å². The van der Waals surface area contributed by atoms with E-state index in [9.17, 15) is 9.90 Å². The standard InChI is InChI=1S/C13H24N4O2/c1-6-11-7-12(16(5)15-11)14-13(19)17(9(2)3)8-10(4)18/h7,9-10,18H,6,8H2,1-5H3,(H,14,19). The van der Waals surface area contributed by atoms with Crippen LogP contribution in [0.15, 0.2) is 6.07 Å². The van der Waals surface area contributed by atoms with Gasteiger partial charge in [-0.05, 0) is 27.2 Å². The monoisotopic (exact) mass is 268 g/mol. The molecular formula is C13H24N4O2. The number of aliphatic hydroxyl groups is 1. The van der Waals surface area contributed by atoms with Crippen LogP contribution in [0, 0.1) is 0 Å². The molecule has 0 radical (unpaired) electrons. The van der Waals surface area contributed by atoms with Crippen molar-refractivity contribution in [1.29, 1.82) is 0 Å². The van der Waals surface area contributed by atoms with E-state index in [4.69, 9.17) is 0 Å². The van der Waals surface area contributed by atoms with Gasteiger partial charge in [0.2, 0.25) is 0 Å². The molecule has 1 rings (SSSR count). The van der Waals surface area contributed by atoms with Crippen LogP contribution in [0.3, 0.4) is 0 Å². The van der Waals surface area contributed by atoms with Gasteiger partial charge < -0.3 is 10.0 Å². The number of urea groups is 1. The molecule has 6 heteroatoms. The molecule has 1 heterocycles. The maximum absolute atomic E-state index is 12.2. The second kappa shape index (κ2) is 6.56. The summed E-state index contributed by atoms with van der Waals surface area (Å²) >= 11 is 0. The molecule has 0 aliphatic carbocycles. The zero-order chi connectivity index (χ0) is 14.6. The van der Waals surface area contributed by atoms with Crippen molar-refractivity contribution in [2.24, 2.45) is 7.05 Å². The van der Waals surface area contributed by atoms with Gasteiger partial charge in [-0.15, -0.1) is 0 Å². The molecular weight excluding hydrogens is 244 g/mol. The van der Waals surface area contributed by atoms with Crippen LogP contribution in [0.5, 0.6) is 0 Å². The number of nitrogens with zero attached hydrogens (tertiary/aromatic N) is 3. The van der Waals surface area contributed by atoms with E-state index in [0.29, 0.717) is 12.4 Å². The number of aromatic nitrogens is 2. The molecule has 1 aromatic rings. The van der Waals surface area contributed by atoms with Crippen LogP contribution in [0.4, 0.5) is 10.6 Å². The second-order valence-electron chi connectivity index (χ2n) is 5.02. The molecule has 0 aliphatic heterocycles. The Morgan fingerprint density at radius 3 is 2.58 bits per heavy atom. The molecule has 0 aliphatic rings. The van der Waals surface area contributed by atoms with E-state index in [1.54, 1.807) is 23.6 Å². The van der Waals surface area contributed by atoms with Gasteiger partial charge in [-0.1, -0.05) is 6.92 Å². The lowest BCUT2D eigenvalue weighted by Gasteiger charge is -2.28. The second-order valence-corrected chi connectivity index (χ2v) is 5.02. The van der Waals surface area contributed by atoms with Crippen LogP contribution in [-0.4, -0.2) is 44.5 Å². The van der Waals surface area contributed by atoms with Crippen LogP contribution < -0.4 is 5.32 Å². The maximum atomic E-state index is 12.2. The van der Waals surface area contributed by atoms with Gasteiger partial charge in [0.05, 0.1) is 11.8 Å². The molecule has 1 aromatic heterocycles. The summed E-state index contributed by atoms with van der Waals surface area (Å²) in [6, 6.07) is 1.66. The van der Waals surface area contributed by atoms with Crippen molar-refractivity contribution in [3.05, 3.63) is 11.8 Å². The summed E-state index contributed by atoms with van der Waals surface area (Å²) in [7, 11) is 1.79. The molecule has 2 amide bonds. The lowest BCUT2D eigenvalue weighted by molar-refractivity contribution is 0.125. The van der Waals surface area contributed by atoms with Gasteiger partial charge in [0.15, 0.2) is 0 Å². The number of rotatable bonds is 5. The first kappa shape index (κ1) is 15.5. The van der Waals surface area contributed by atoms with Gasteiger partial charge in [0.1, 0.15) is 5.82 Å². The number of hydrogen-bond acceptors (Lipinski definition) is 3. The number of amides is 2. The predicted octanol–water partition coefficient (Wildman–Crippen LogP) is 1.61. The van der Waals surface area contributed by atoms with E-state index in [1.807, 2.05) is 26.8 Å². The van der Waals surface area contributed by atoms with E-state index >= 15 is 0 Å². The van der Waals surface area contributed by atoms with E-state index in [1.165, 1.54) is 0 Å². The van der Waals surface area contributed by atoms with E-state index in [0.717, 1.165) is 12.1 Å². The first-order valence-electron chi connectivity index (χ1n) is 6.63. The first-order chi connectivity index (χ1) is 8.85. The Labute approximate surface area is 114 Å². The SMILES string of the molecule is CCc1cc(NC(=O)N(CC(C)O)C(C)C)n(C)n1. The van der Waals surface area contributed by atoms with Crippen molar-refractivity contribution >= 4 is 11.8 Å². The Hall–Kier alpha value is -1.56. The van der Waals surface area contributed by atoms with Gasteiger partial charge in [-0.3, -0.25) is 10.00 Å². The lowest BCUT2D eigenvalue weighted by atomic mass is 10.3. The van der Waals surface area contributed by atoms with Crippen molar-refractivity contribution in [2.45, 2.75) is 46.3 Å². The summed E-state index contributed by atoms with van der Waals surface area (Å²) < 4.78 is 1.65. The minimum absolute atomic E-state index is 0.0217. The summed E-state index contributed by atoms with van der Waals surface area (Å²) in [4.78, 5) is 13.8. The van der Waals surface area contributed by atoms with E-state index in [2.05, 4.69) is 10.4 Å². The fourth-order valence-corrected chi connectivity index (χ4v) is 1.81. The van der Waals surface area contributed by atoms with Crippen molar-refractivity contribution < 1.29 is 9.90 Å². The molecule has 1 unspecified atom stereocenters. The van der Waals surface area contributed by atoms with Crippen LogP contribution in [0.25, 0.3) is 0 Å². The van der Waals surface area contributed by atoms with Gasteiger partial charge in [0.25, 0.3) is 0 Å². The van der Waals surface area contributed by atoms with Crippen LogP contribution in [0.1, 0.15) is 33.4 Å². The molecule has 0 aromatic carbocycles. The van der Waals surface area contributed by atoms with Gasteiger partial charge >= 0.3 is 6.03 Å². The number of aryl methyl sites for hydroxylation is 2. The zero-order valence-corrected chi connectivity index (χ0v) is 12.3. The van der Waals surface area contributed by atoms with Crippen molar-refractivity contribution in [3.8, 4) is 0 Å². The Morgan fingerprint density at radius 1 is 1.53 bits per heavy atom. The third-order valence-electron chi connectivity index (χ3n) is 2.87. The fraction of sp³-hybridized carbons (Fsp3) is 0.692. The van der Waals surface area contributed by atoms with Crippen molar-refractivity contribution in [3.63, 3.8) is 0 Å². The van der Waals surface area contributed by atoms with Crippen molar-refractivity contribution in [1.82, 2.24) is 14.7 Å². The quantitative estimate of drug-likeness (QED) is 0.852. The lowest BCUT2D eigenvalue weighted by Crippen LogP contribution is -2.44. The van der Waals surface area contributed by atoms with E-state index < -0.39 is 6.10 Å². The highest BCUT2D eigenvalue weighted by atomic mass is 16.3. The molecule has 0 bridgehead atoms. The number of aliphatic hydroxyl groups excluding tert-OH is 1. The maximum Gasteiger partial charge on any atom is 0.323 e. The summed E-state index contributed by atoms with van der Waals surface area (Å²) in [5.41, 5.74) is 0.935. The Balaban J connectivity index is 2.78. The summed E-state index contributed by atoms with van der Waals surface area (Å²) in [5, 5.41) is 16.6. The van der Waals surface area contributed by atoms with Crippen LogP contribution in [-0.2, 0) is 13.5 Å². The molecule has 0 saturated heterocycles. The molecule has 0 fully saturated rings. The zero-order valence-electron chi connectivity index (χ0n) is 12.3. The van der Waals surface area contributed by atoms with Crippen LogP contribution >= 0.6 is 0 Å². The highest BCUT2D eigenvalue weighted by Crippen LogP contribution is 2.12. The molecule has 1 atom stereocenters. The van der Waals surface area contributed by atoms with Crippen molar-refractivity contribution in [2.75, 3.05) is 11.9 Å². The average molecular weight is 268 g/mol. The predicted molar refractivity (Wildman–Crippen MR) is 75.1 cm³/mol. The molecule has 19 heavy (non-hydrogen) atoms. The normalized spacial score (nSPS) is 12.6. The number of carbonyl (C=O) groups excluding carboxylic acids is 1. The highest BCUT2D eigenvalue weighted by molar-refractivity contribution is 5.88. The third-order valence-corrected chi connectivity index (χ3v) is 2.87. The molecule has 2 N–H and O–H groups in total. The van der Waals surface area contributed by atoms with Gasteiger partial charge in [-0.25, -0.2) is 4.79 Å². The number of carbonyl (C=O) groups is 1. The molecule has 6 nitrogen and oxygen atoms in total. The smallest absolute Gasteiger partial charge is 0.323 e.